The zero-order valence-electron chi connectivity index (χ0n) is 16.1. The minimum atomic E-state index is -0.218. The molecule has 0 unspecified atom stereocenters. The Morgan fingerprint density at radius 1 is 1.29 bits per heavy atom. The first kappa shape index (κ1) is 18.6. The molecule has 4 rings (SSSR count). The number of nitrogens with one attached hydrogen (secondary N) is 2. The molecule has 0 bridgehead atoms. The lowest BCUT2D eigenvalue weighted by atomic mass is 10.2. The van der Waals surface area contributed by atoms with Gasteiger partial charge in [-0.1, -0.05) is 18.2 Å². The standard InChI is InChI=1S/C21H26N6O/c1-2-27-19-8-4-3-7-17(19)25-20(27)15-26-11-10-23-18(14-26)21(28)24-13-16-6-5-9-22-12-16/h3-9,12,18,23H,2,10-11,13-15H2,1H3,(H,24,28)/t18-/m1/s1. The van der Waals surface area contributed by atoms with Crippen LogP contribution in [0.2, 0.25) is 0 Å². The van der Waals surface area contributed by atoms with Crippen LogP contribution in [-0.2, 0) is 24.4 Å². The Hall–Kier alpha value is -2.77. The maximum absolute atomic E-state index is 12.6. The average molecular weight is 378 g/mol. The normalized spacial score (nSPS) is 17.7. The van der Waals surface area contributed by atoms with Crippen LogP contribution in [0.25, 0.3) is 11.0 Å². The zero-order chi connectivity index (χ0) is 19.3. The van der Waals surface area contributed by atoms with Crippen LogP contribution in [0.5, 0.6) is 0 Å². The van der Waals surface area contributed by atoms with E-state index in [-0.39, 0.29) is 11.9 Å². The van der Waals surface area contributed by atoms with Crippen LogP contribution in [-0.4, -0.2) is 51.0 Å². The summed E-state index contributed by atoms with van der Waals surface area (Å²) in [4.78, 5) is 23.8. The highest BCUT2D eigenvalue weighted by Gasteiger charge is 2.26. The molecule has 1 aliphatic heterocycles. The molecule has 1 amide bonds. The van der Waals surface area contributed by atoms with Crippen LogP contribution in [0.15, 0.2) is 48.8 Å². The summed E-state index contributed by atoms with van der Waals surface area (Å²) in [5, 5.41) is 6.34. The lowest BCUT2D eigenvalue weighted by molar-refractivity contribution is -0.124. The van der Waals surface area contributed by atoms with E-state index in [1.807, 2.05) is 24.3 Å². The molecule has 1 saturated heterocycles. The molecule has 1 atom stereocenters. The third kappa shape index (κ3) is 4.05. The zero-order valence-corrected chi connectivity index (χ0v) is 16.1. The van der Waals surface area contributed by atoms with Gasteiger partial charge in [0.2, 0.25) is 5.91 Å². The van der Waals surface area contributed by atoms with Gasteiger partial charge in [0.05, 0.1) is 23.6 Å². The second kappa shape index (κ2) is 8.50. The number of pyridine rings is 1. The summed E-state index contributed by atoms with van der Waals surface area (Å²) in [7, 11) is 0. The molecule has 1 aliphatic rings. The van der Waals surface area contributed by atoms with Gasteiger partial charge in [0.1, 0.15) is 5.82 Å². The highest BCUT2D eigenvalue weighted by atomic mass is 16.2. The number of nitrogens with zero attached hydrogens (tertiary/aromatic N) is 4. The summed E-state index contributed by atoms with van der Waals surface area (Å²) in [6, 6.07) is 11.9. The molecule has 0 spiro atoms. The number of para-hydroxylation sites is 2. The van der Waals surface area contributed by atoms with Crippen LogP contribution >= 0.6 is 0 Å². The number of imidazole rings is 1. The van der Waals surface area contributed by atoms with Crippen molar-refractivity contribution in [3.63, 3.8) is 0 Å². The number of benzene rings is 1. The van der Waals surface area contributed by atoms with E-state index >= 15 is 0 Å². The van der Waals surface area contributed by atoms with Crippen molar-refractivity contribution in [2.75, 3.05) is 19.6 Å². The molecule has 28 heavy (non-hydrogen) atoms. The number of hydrogen-bond acceptors (Lipinski definition) is 5. The quantitative estimate of drug-likeness (QED) is 0.681. The fourth-order valence-electron chi connectivity index (χ4n) is 3.74. The van der Waals surface area contributed by atoms with E-state index < -0.39 is 0 Å². The lowest BCUT2D eigenvalue weighted by Crippen LogP contribution is -2.56. The molecule has 3 aromatic rings. The average Bonchev–Trinajstić information content (AvgIpc) is 3.09. The summed E-state index contributed by atoms with van der Waals surface area (Å²) >= 11 is 0. The highest BCUT2D eigenvalue weighted by Crippen LogP contribution is 2.17. The highest BCUT2D eigenvalue weighted by molar-refractivity contribution is 5.82. The van der Waals surface area contributed by atoms with Gasteiger partial charge in [0, 0.05) is 45.1 Å². The predicted octanol–water partition coefficient (Wildman–Crippen LogP) is 1.54. The molecule has 0 aliphatic carbocycles. The van der Waals surface area contributed by atoms with Crippen LogP contribution in [0.1, 0.15) is 18.3 Å². The van der Waals surface area contributed by atoms with Gasteiger partial charge in [-0.25, -0.2) is 4.98 Å². The Balaban J connectivity index is 1.39. The van der Waals surface area contributed by atoms with Crippen molar-refractivity contribution in [1.29, 1.82) is 0 Å². The molecule has 146 valence electrons. The largest absolute Gasteiger partial charge is 0.351 e. The van der Waals surface area contributed by atoms with Crippen LogP contribution in [0.3, 0.4) is 0 Å². The number of aromatic nitrogens is 3. The Kier molecular flexibility index (Phi) is 5.64. The molecule has 1 aromatic carbocycles. The Morgan fingerprint density at radius 2 is 2.18 bits per heavy atom. The number of fused-ring (bicyclic) bond motifs is 1. The van der Waals surface area contributed by atoms with Crippen molar-refractivity contribution in [1.82, 2.24) is 30.1 Å². The van der Waals surface area contributed by atoms with Crippen molar-refractivity contribution in [2.24, 2.45) is 0 Å². The third-order valence-corrected chi connectivity index (χ3v) is 5.18. The summed E-state index contributed by atoms with van der Waals surface area (Å²) in [5.41, 5.74) is 3.20. The van der Waals surface area contributed by atoms with Crippen LogP contribution in [0, 0.1) is 0 Å². The van der Waals surface area contributed by atoms with E-state index in [2.05, 4.69) is 44.1 Å². The van der Waals surface area contributed by atoms with Gasteiger partial charge in [-0.05, 0) is 30.7 Å². The van der Waals surface area contributed by atoms with E-state index in [1.54, 1.807) is 12.4 Å². The molecule has 3 heterocycles. The maximum atomic E-state index is 12.6. The summed E-state index contributed by atoms with van der Waals surface area (Å²) < 4.78 is 2.26. The van der Waals surface area contributed by atoms with Crippen molar-refractivity contribution in [2.45, 2.75) is 32.6 Å². The van der Waals surface area contributed by atoms with Gasteiger partial charge in [-0.2, -0.15) is 0 Å². The van der Waals surface area contributed by atoms with Crippen LogP contribution in [0.4, 0.5) is 0 Å². The fourth-order valence-corrected chi connectivity index (χ4v) is 3.74. The first-order valence-corrected chi connectivity index (χ1v) is 9.81. The van der Waals surface area contributed by atoms with Gasteiger partial charge < -0.3 is 15.2 Å². The Labute approximate surface area is 164 Å². The van der Waals surface area contributed by atoms with Crippen LogP contribution < -0.4 is 10.6 Å². The van der Waals surface area contributed by atoms with Gasteiger partial charge in [-0.3, -0.25) is 14.7 Å². The molecular formula is C21H26N6O. The first-order chi connectivity index (χ1) is 13.7. The van der Waals surface area contributed by atoms with Crippen molar-refractivity contribution >= 4 is 16.9 Å². The number of aryl methyl sites for hydroxylation is 1. The maximum Gasteiger partial charge on any atom is 0.238 e. The first-order valence-electron chi connectivity index (χ1n) is 9.81. The summed E-state index contributed by atoms with van der Waals surface area (Å²) in [6.45, 7) is 6.64. The monoisotopic (exact) mass is 378 g/mol. The molecule has 0 saturated carbocycles. The molecular weight excluding hydrogens is 352 g/mol. The molecule has 7 nitrogen and oxygen atoms in total. The number of carbonyl (C=O) groups is 1. The van der Waals surface area contributed by atoms with E-state index in [0.717, 1.165) is 43.1 Å². The lowest BCUT2D eigenvalue weighted by Gasteiger charge is -2.32. The second-order valence-corrected chi connectivity index (χ2v) is 7.08. The number of amides is 1. The number of piperazine rings is 1. The van der Waals surface area contributed by atoms with Crippen molar-refractivity contribution < 1.29 is 4.79 Å². The number of rotatable bonds is 6. The van der Waals surface area contributed by atoms with Crippen molar-refractivity contribution in [3.8, 4) is 0 Å². The number of carbonyl (C=O) groups excluding carboxylic acids is 1. The third-order valence-electron chi connectivity index (χ3n) is 5.18. The number of hydrogen-bond donors (Lipinski definition) is 2. The summed E-state index contributed by atoms with van der Waals surface area (Å²) in [6.07, 6.45) is 3.51. The fraction of sp³-hybridized carbons (Fsp3) is 0.381. The van der Waals surface area contributed by atoms with Crippen molar-refractivity contribution in [3.05, 3.63) is 60.2 Å². The molecule has 1 fully saturated rings. The van der Waals surface area contributed by atoms with E-state index in [9.17, 15) is 4.79 Å². The van der Waals surface area contributed by atoms with Gasteiger partial charge in [0.15, 0.2) is 0 Å². The second-order valence-electron chi connectivity index (χ2n) is 7.08. The van der Waals surface area contributed by atoms with Gasteiger partial charge >= 0.3 is 0 Å². The SMILES string of the molecule is CCn1c(CN2CCN[C@@H](C(=O)NCc3cccnc3)C2)nc2ccccc21. The summed E-state index contributed by atoms with van der Waals surface area (Å²) in [5.74, 6) is 1.08. The molecule has 2 N–H and O–H groups in total. The van der Waals surface area contributed by atoms with E-state index in [4.69, 9.17) is 4.98 Å². The Morgan fingerprint density at radius 3 is 3.00 bits per heavy atom. The Bertz CT molecular complexity index is 938. The van der Waals surface area contributed by atoms with E-state index in [0.29, 0.717) is 13.1 Å². The van der Waals surface area contributed by atoms with E-state index in [1.165, 1.54) is 5.52 Å². The minimum Gasteiger partial charge on any atom is -0.351 e. The molecule has 7 heteroatoms. The smallest absolute Gasteiger partial charge is 0.238 e. The minimum absolute atomic E-state index is 0.0255. The molecule has 2 aromatic heterocycles. The molecule has 0 radical (unpaired) electrons. The predicted molar refractivity (Wildman–Crippen MR) is 109 cm³/mol. The topological polar surface area (TPSA) is 75.1 Å². The van der Waals surface area contributed by atoms with Gasteiger partial charge in [-0.15, -0.1) is 0 Å². The van der Waals surface area contributed by atoms with Gasteiger partial charge in [0.25, 0.3) is 0 Å².